The van der Waals surface area contributed by atoms with E-state index in [0.717, 1.165) is 0 Å². The largest absolute Gasteiger partial charge is 0.317 e. The van der Waals surface area contributed by atoms with Gasteiger partial charge in [0, 0.05) is 0 Å². The molecule has 0 amide bonds. The van der Waals surface area contributed by atoms with Crippen LogP contribution < -0.4 is 5.32 Å². The maximum Gasteiger partial charge on any atom is -0.00368 e. The van der Waals surface area contributed by atoms with E-state index in [1.807, 2.05) is 0 Å². The van der Waals surface area contributed by atoms with Crippen LogP contribution in [0.25, 0.3) is 0 Å². The van der Waals surface area contributed by atoms with Crippen LogP contribution in [0.2, 0.25) is 0 Å². The summed E-state index contributed by atoms with van der Waals surface area (Å²) in [6, 6.07) is 0. The van der Waals surface area contributed by atoms with Crippen LogP contribution in [0.15, 0.2) is 0 Å². The molecule has 0 aromatic rings. The molecule has 1 aliphatic heterocycles. The molecule has 24 heavy (non-hydrogen) atoms. The fourth-order valence-electron chi connectivity index (χ4n) is 4.17. The number of nitrogens with one attached hydrogen (secondary N) is 1. The maximum absolute atomic E-state index is 3.11. The van der Waals surface area contributed by atoms with Gasteiger partial charge in [0.15, 0.2) is 0 Å². The van der Waals surface area contributed by atoms with E-state index >= 15 is 0 Å². The number of hydrogen-bond donors (Lipinski definition) is 1. The Bertz CT molecular complexity index is 242. The highest BCUT2D eigenvalue weighted by atomic mass is 14.9. The van der Waals surface area contributed by atoms with Gasteiger partial charge in [0.25, 0.3) is 0 Å². The molecule has 1 heteroatoms. The summed E-state index contributed by atoms with van der Waals surface area (Å²) < 4.78 is 0. The molecule has 1 aliphatic rings. The van der Waals surface area contributed by atoms with Crippen molar-refractivity contribution in [3.05, 3.63) is 0 Å². The van der Waals surface area contributed by atoms with Gasteiger partial charge in [-0.3, -0.25) is 0 Å². The van der Waals surface area contributed by atoms with Crippen LogP contribution in [0.1, 0.15) is 125 Å². The molecule has 1 heterocycles. The third-order valence-corrected chi connectivity index (χ3v) is 6.49. The van der Waals surface area contributed by atoms with E-state index in [4.69, 9.17) is 0 Å². The zero-order valence-corrected chi connectivity index (χ0v) is 18.1. The van der Waals surface area contributed by atoms with Crippen molar-refractivity contribution in [1.82, 2.24) is 5.32 Å². The van der Waals surface area contributed by atoms with Crippen molar-refractivity contribution in [2.24, 2.45) is 10.8 Å². The first-order chi connectivity index (χ1) is 11.5. The topological polar surface area (TPSA) is 12.0 Å². The van der Waals surface area contributed by atoms with Crippen LogP contribution in [-0.2, 0) is 0 Å². The number of unbranched alkanes of at least 4 members (excludes halogenated alkanes) is 1. The molecule has 0 aromatic carbocycles. The highest BCUT2D eigenvalue weighted by Crippen LogP contribution is 2.41. The standard InChI is InChI=1S/C20H42.C3H7N/c1-7-14-20(15-8-2,16-9-3)18-13-12-17-19(6,10-4)11-5;1-2-4-3-1/h7-18H2,1-6H3;4H,1-3H2. The fraction of sp³-hybridized carbons (Fsp3) is 1.00. The van der Waals surface area contributed by atoms with Crippen LogP contribution in [0.4, 0.5) is 0 Å². The van der Waals surface area contributed by atoms with Crippen molar-refractivity contribution < 1.29 is 0 Å². The third-order valence-electron chi connectivity index (χ3n) is 6.49. The second-order valence-electron chi connectivity index (χ2n) is 8.58. The van der Waals surface area contributed by atoms with Gasteiger partial charge in [-0.2, -0.15) is 0 Å². The molecule has 0 bridgehead atoms. The smallest absolute Gasteiger partial charge is 0.00368 e. The Morgan fingerprint density at radius 3 is 1.33 bits per heavy atom. The molecule has 1 N–H and O–H groups in total. The predicted molar refractivity (Wildman–Crippen MR) is 112 cm³/mol. The second kappa shape index (κ2) is 14.2. The molecule has 0 spiro atoms. The van der Waals surface area contributed by atoms with Crippen molar-refractivity contribution >= 4 is 0 Å². The second-order valence-corrected chi connectivity index (χ2v) is 8.58. The van der Waals surface area contributed by atoms with Crippen LogP contribution in [-0.4, -0.2) is 13.1 Å². The van der Waals surface area contributed by atoms with Gasteiger partial charge in [0.1, 0.15) is 0 Å². The normalized spacial score (nSPS) is 14.8. The first kappa shape index (κ1) is 24.0. The summed E-state index contributed by atoms with van der Waals surface area (Å²) in [5.74, 6) is 0. The van der Waals surface area contributed by atoms with Crippen molar-refractivity contribution in [1.29, 1.82) is 0 Å². The van der Waals surface area contributed by atoms with E-state index < -0.39 is 0 Å². The molecule has 0 aromatic heterocycles. The molecule has 0 saturated carbocycles. The average molecular weight is 340 g/mol. The zero-order chi connectivity index (χ0) is 18.3. The molecule has 0 radical (unpaired) electrons. The SMILES string of the molecule is C1CNC1.CCCC(CCC)(CCC)CCCCC(C)(CC)CC. The molecular weight excluding hydrogens is 290 g/mol. The van der Waals surface area contributed by atoms with Crippen molar-refractivity contribution in [2.75, 3.05) is 13.1 Å². The van der Waals surface area contributed by atoms with Gasteiger partial charge >= 0.3 is 0 Å². The zero-order valence-electron chi connectivity index (χ0n) is 18.1. The van der Waals surface area contributed by atoms with Crippen LogP contribution in [0.5, 0.6) is 0 Å². The van der Waals surface area contributed by atoms with E-state index in [1.165, 1.54) is 96.6 Å². The third kappa shape index (κ3) is 10.1. The highest BCUT2D eigenvalue weighted by molar-refractivity contribution is 4.79. The molecule has 1 saturated heterocycles. The molecule has 0 aliphatic carbocycles. The van der Waals surface area contributed by atoms with Gasteiger partial charge in [0.05, 0.1) is 0 Å². The lowest BCUT2D eigenvalue weighted by atomic mass is 9.71. The summed E-state index contributed by atoms with van der Waals surface area (Å²) in [5, 5.41) is 3.11. The summed E-state index contributed by atoms with van der Waals surface area (Å²) >= 11 is 0. The van der Waals surface area contributed by atoms with Crippen LogP contribution >= 0.6 is 0 Å². The molecule has 1 fully saturated rings. The quantitative estimate of drug-likeness (QED) is 0.338. The van der Waals surface area contributed by atoms with Gasteiger partial charge in [-0.1, -0.05) is 86.5 Å². The van der Waals surface area contributed by atoms with Crippen LogP contribution in [0.3, 0.4) is 0 Å². The molecule has 1 nitrogen and oxygen atoms in total. The molecule has 0 atom stereocenters. The molecule has 1 rings (SSSR count). The van der Waals surface area contributed by atoms with E-state index in [9.17, 15) is 0 Å². The minimum atomic E-state index is 0.600. The Morgan fingerprint density at radius 1 is 0.667 bits per heavy atom. The Morgan fingerprint density at radius 2 is 1.04 bits per heavy atom. The van der Waals surface area contributed by atoms with E-state index in [2.05, 4.69) is 46.9 Å². The Kier molecular flexibility index (Phi) is 14.1. The lowest BCUT2D eigenvalue weighted by molar-refractivity contribution is 0.178. The predicted octanol–water partition coefficient (Wildman–Crippen LogP) is 7.74. The van der Waals surface area contributed by atoms with E-state index in [-0.39, 0.29) is 0 Å². The number of rotatable bonds is 13. The minimum Gasteiger partial charge on any atom is -0.317 e. The summed E-state index contributed by atoms with van der Waals surface area (Å²) in [5.41, 5.74) is 1.27. The van der Waals surface area contributed by atoms with Crippen molar-refractivity contribution in [3.63, 3.8) is 0 Å². The molecule has 0 unspecified atom stereocenters. The average Bonchev–Trinajstić information content (AvgIpc) is 2.50. The van der Waals surface area contributed by atoms with Crippen molar-refractivity contribution in [2.45, 2.75) is 125 Å². The van der Waals surface area contributed by atoms with Crippen LogP contribution in [0, 0.1) is 10.8 Å². The Hall–Kier alpha value is -0.0400. The van der Waals surface area contributed by atoms with Gasteiger partial charge in [-0.25, -0.2) is 0 Å². The van der Waals surface area contributed by atoms with Gasteiger partial charge < -0.3 is 5.32 Å². The minimum absolute atomic E-state index is 0.600. The molecular formula is C23H49N. The van der Waals surface area contributed by atoms with E-state index in [0.29, 0.717) is 10.8 Å². The maximum atomic E-state index is 3.11. The monoisotopic (exact) mass is 339 g/mol. The number of hydrogen-bond acceptors (Lipinski definition) is 1. The lowest BCUT2D eigenvalue weighted by Gasteiger charge is -2.34. The summed E-state index contributed by atoms with van der Waals surface area (Å²) in [7, 11) is 0. The Balaban J connectivity index is 0.00000114. The van der Waals surface area contributed by atoms with Gasteiger partial charge in [0.2, 0.25) is 0 Å². The first-order valence-electron chi connectivity index (χ1n) is 11.2. The summed E-state index contributed by atoms with van der Waals surface area (Å²) in [6.45, 7) is 16.8. The first-order valence-corrected chi connectivity index (χ1v) is 11.2. The summed E-state index contributed by atoms with van der Waals surface area (Å²) in [4.78, 5) is 0. The van der Waals surface area contributed by atoms with Crippen molar-refractivity contribution in [3.8, 4) is 0 Å². The van der Waals surface area contributed by atoms with Gasteiger partial charge in [-0.05, 0) is 62.4 Å². The molecule has 146 valence electrons. The summed E-state index contributed by atoms with van der Waals surface area (Å²) in [6.07, 6.45) is 18.3. The lowest BCUT2D eigenvalue weighted by Crippen LogP contribution is -2.29. The Labute approximate surface area is 154 Å². The highest BCUT2D eigenvalue weighted by Gasteiger charge is 2.27. The fourth-order valence-corrected chi connectivity index (χ4v) is 4.17. The van der Waals surface area contributed by atoms with Gasteiger partial charge in [-0.15, -0.1) is 0 Å². The van der Waals surface area contributed by atoms with E-state index in [1.54, 1.807) is 0 Å².